The van der Waals surface area contributed by atoms with Crippen molar-refractivity contribution in [3.05, 3.63) is 18.2 Å². The molecule has 2 aliphatic heterocycles. The molecule has 0 saturated heterocycles. The van der Waals surface area contributed by atoms with Gasteiger partial charge in [-0.05, 0) is 12.1 Å². The number of carbonyl (C=O) groups is 3. The first-order chi connectivity index (χ1) is 11.1. The van der Waals surface area contributed by atoms with Crippen molar-refractivity contribution >= 4 is 29.1 Å². The first-order valence-electron chi connectivity index (χ1n) is 6.95. The van der Waals surface area contributed by atoms with Gasteiger partial charge in [0.05, 0.1) is 6.54 Å². The van der Waals surface area contributed by atoms with Gasteiger partial charge in [-0.2, -0.15) is 5.10 Å². The molecule has 3 rings (SSSR count). The summed E-state index contributed by atoms with van der Waals surface area (Å²) in [5, 5.41) is 8.74. The average Bonchev–Trinajstić information content (AvgIpc) is 3.01. The summed E-state index contributed by atoms with van der Waals surface area (Å²) in [6.07, 6.45) is 0.455. The van der Waals surface area contributed by atoms with Crippen LogP contribution in [-0.4, -0.2) is 36.8 Å². The largest absolute Gasteiger partial charge is 0.454 e. The van der Waals surface area contributed by atoms with E-state index >= 15 is 0 Å². The van der Waals surface area contributed by atoms with Crippen LogP contribution in [0.15, 0.2) is 23.3 Å². The van der Waals surface area contributed by atoms with Crippen LogP contribution in [-0.2, 0) is 14.4 Å². The van der Waals surface area contributed by atoms with E-state index in [1.165, 1.54) is 0 Å². The van der Waals surface area contributed by atoms with Crippen LogP contribution in [0, 0.1) is 0 Å². The van der Waals surface area contributed by atoms with Gasteiger partial charge < -0.3 is 20.1 Å². The van der Waals surface area contributed by atoms with Crippen molar-refractivity contribution in [1.82, 2.24) is 10.7 Å². The Bertz CT molecular complexity index is 700. The van der Waals surface area contributed by atoms with Gasteiger partial charge in [-0.15, -0.1) is 0 Å². The number of nitrogens with one attached hydrogen (secondary N) is 3. The molecule has 1 aromatic rings. The van der Waals surface area contributed by atoms with Crippen LogP contribution in [0.25, 0.3) is 0 Å². The fourth-order valence-electron chi connectivity index (χ4n) is 2.08. The van der Waals surface area contributed by atoms with Crippen LogP contribution in [0.2, 0.25) is 0 Å². The lowest BCUT2D eigenvalue weighted by molar-refractivity contribution is -0.122. The predicted octanol–water partition coefficient (Wildman–Crippen LogP) is -0.264. The van der Waals surface area contributed by atoms with Crippen molar-refractivity contribution < 1.29 is 23.9 Å². The number of hydrazone groups is 1. The highest BCUT2D eigenvalue weighted by Crippen LogP contribution is 2.34. The normalized spacial score (nSPS) is 15.5. The van der Waals surface area contributed by atoms with E-state index in [1.54, 1.807) is 18.2 Å². The molecular formula is C14H14N4O5. The molecule has 0 aromatic heterocycles. The maximum atomic E-state index is 11.8. The molecule has 3 amide bonds. The number of benzene rings is 1. The topological polar surface area (TPSA) is 118 Å². The molecule has 9 heteroatoms. The minimum absolute atomic E-state index is 0.154. The number of rotatable bonds is 4. The maximum absolute atomic E-state index is 11.8. The summed E-state index contributed by atoms with van der Waals surface area (Å²) in [5.74, 6) is 0.0680. The van der Waals surface area contributed by atoms with Gasteiger partial charge in [0.15, 0.2) is 11.5 Å². The van der Waals surface area contributed by atoms with Crippen LogP contribution in [0.5, 0.6) is 11.5 Å². The summed E-state index contributed by atoms with van der Waals surface area (Å²) in [4.78, 5) is 34.6. The van der Waals surface area contributed by atoms with Gasteiger partial charge in [0.25, 0.3) is 5.91 Å². The molecule has 9 nitrogen and oxygen atoms in total. The molecule has 120 valence electrons. The van der Waals surface area contributed by atoms with E-state index in [0.717, 1.165) is 0 Å². The Morgan fingerprint density at radius 3 is 2.83 bits per heavy atom. The van der Waals surface area contributed by atoms with Crippen molar-refractivity contribution in [2.45, 2.75) is 12.8 Å². The second-order valence-corrected chi connectivity index (χ2v) is 4.89. The minimum Gasteiger partial charge on any atom is -0.454 e. The Kier molecular flexibility index (Phi) is 4.09. The summed E-state index contributed by atoms with van der Waals surface area (Å²) in [5.41, 5.74) is 2.96. The lowest BCUT2D eigenvalue weighted by Gasteiger charge is -2.12. The van der Waals surface area contributed by atoms with Crippen LogP contribution in [0.3, 0.4) is 0 Å². The summed E-state index contributed by atoms with van der Waals surface area (Å²) in [6, 6.07) is 5.01. The Hall–Kier alpha value is -3.10. The molecule has 0 atom stereocenters. The fourth-order valence-corrected chi connectivity index (χ4v) is 2.08. The number of nitrogens with zero attached hydrogens (tertiary/aromatic N) is 1. The molecule has 2 aliphatic rings. The van der Waals surface area contributed by atoms with E-state index in [2.05, 4.69) is 21.2 Å². The third-order valence-electron chi connectivity index (χ3n) is 3.23. The number of ether oxygens (including phenoxy) is 2. The highest BCUT2D eigenvalue weighted by atomic mass is 16.7. The van der Waals surface area contributed by atoms with E-state index in [0.29, 0.717) is 17.2 Å². The Labute approximate surface area is 131 Å². The van der Waals surface area contributed by atoms with Crippen molar-refractivity contribution in [2.24, 2.45) is 5.10 Å². The van der Waals surface area contributed by atoms with Gasteiger partial charge in [-0.3, -0.25) is 14.4 Å². The van der Waals surface area contributed by atoms with Crippen LogP contribution < -0.4 is 25.5 Å². The zero-order chi connectivity index (χ0) is 16.2. The van der Waals surface area contributed by atoms with Crippen molar-refractivity contribution in [3.8, 4) is 11.5 Å². The zero-order valence-electron chi connectivity index (χ0n) is 12.0. The van der Waals surface area contributed by atoms with Crippen LogP contribution in [0.4, 0.5) is 5.69 Å². The molecule has 0 aliphatic carbocycles. The number of anilines is 1. The molecule has 0 saturated carbocycles. The molecule has 0 radical (unpaired) electrons. The second-order valence-electron chi connectivity index (χ2n) is 4.89. The third-order valence-corrected chi connectivity index (χ3v) is 3.23. The summed E-state index contributed by atoms with van der Waals surface area (Å²) >= 11 is 0. The number of amides is 3. The van der Waals surface area contributed by atoms with Gasteiger partial charge in [0.1, 0.15) is 5.71 Å². The maximum Gasteiger partial charge on any atom is 0.267 e. The average molecular weight is 318 g/mol. The van der Waals surface area contributed by atoms with Gasteiger partial charge in [0.2, 0.25) is 18.6 Å². The molecule has 0 unspecified atom stereocenters. The van der Waals surface area contributed by atoms with E-state index in [4.69, 9.17) is 9.47 Å². The van der Waals surface area contributed by atoms with E-state index < -0.39 is 11.8 Å². The number of hydrogen-bond donors (Lipinski definition) is 3. The third kappa shape index (κ3) is 3.57. The SMILES string of the molecule is O=C1CCC(C(=O)NCC(=O)Nc2ccc3c(c2)OCO3)=NN1. The van der Waals surface area contributed by atoms with Crippen molar-refractivity contribution in [3.63, 3.8) is 0 Å². The summed E-state index contributed by atoms with van der Waals surface area (Å²) in [7, 11) is 0. The highest BCUT2D eigenvalue weighted by molar-refractivity contribution is 6.39. The zero-order valence-corrected chi connectivity index (χ0v) is 12.0. The van der Waals surface area contributed by atoms with Gasteiger partial charge in [-0.25, -0.2) is 5.43 Å². The second kappa shape index (κ2) is 6.34. The minimum atomic E-state index is -0.481. The monoisotopic (exact) mass is 318 g/mol. The molecule has 1 aromatic carbocycles. The Balaban J connectivity index is 1.50. The lowest BCUT2D eigenvalue weighted by Crippen LogP contribution is -2.40. The molecule has 23 heavy (non-hydrogen) atoms. The Morgan fingerprint density at radius 1 is 1.22 bits per heavy atom. The van der Waals surface area contributed by atoms with Crippen molar-refractivity contribution in [2.75, 3.05) is 18.7 Å². The molecule has 0 spiro atoms. The highest BCUT2D eigenvalue weighted by Gasteiger charge is 2.19. The van der Waals surface area contributed by atoms with Crippen molar-refractivity contribution in [1.29, 1.82) is 0 Å². The van der Waals surface area contributed by atoms with Gasteiger partial charge in [0, 0.05) is 24.6 Å². The van der Waals surface area contributed by atoms with E-state index in [9.17, 15) is 14.4 Å². The van der Waals surface area contributed by atoms with Crippen LogP contribution in [0.1, 0.15) is 12.8 Å². The van der Waals surface area contributed by atoms with E-state index in [-0.39, 0.29) is 37.8 Å². The quantitative estimate of drug-likeness (QED) is 0.706. The number of carbonyl (C=O) groups excluding carboxylic acids is 3. The molecule has 2 heterocycles. The molecule has 0 bridgehead atoms. The van der Waals surface area contributed by atoms with Gasteiger partial charge >= 0.3 is 0 Å². The molecule has 0 fully saturated rings. The van der Waals surface area contributed by atoms with E-state index in [1.807, 2.05) is 0 Å². The molecule has 3 N–H and O–H groups in total. The number of hydrogen-bond acceptors (Lipinski definition) is 6. The summed E-state index contributed by atoms with van der Waals surface area (Å²) < 4.78 is 10.4. The van der Waals surface area contributed by atoms with Crippen LogP contribution >= 0.6 is 0 Å². The molecular weight excluding hydrogens is 304 g/mol. The fraction of sp³-hybridized carbons (Fsp3) is 0.286. The lowest BCUT2D eigenvalue weighted by atomic mass is 10.1. The van der Waals surface area contributed by atoms with Gasteiger partial charge in [-0.1, -0.05) is 0 Å². The predicted molar refractivity (Wildman–Crippen MR) is 79.0 cm³/mol. The smallest absolute Gasteiger partial charge is 0.267 e. The first-order valence-corrected chi connectivity index (χ1v) is 6.95. The Morgan fingerprint density at radius 2 is 2.04 bits per heavy atom. The first kappa shape index (κ1) is 14.8. The standard InChI is InChI=1S/C14H14N4O5/c19-12-4-2-9(17-18-12)14(21)15-6-13(20)16-8-1-3-10-11(5-8)23-7-22-10/h1,3,5H,2,4,6-7H2,(H,15,21)(H,16,20)(H,18,19). The number of fused-ring (bicyclic) bond motifs is 1. The summed E-state index contributed by atoms with van der Waals surface area (Å²) in [6.45, 7) is -0.0539.